The molecule has 1 amide bonds. The number of hydrogen-bond acceptors (Lipinski definition) is 3. The van der Waals surface area contributed by atoms with Crippen molar-refractivity contribution in [2.45, 2.75) is 68.6 Å². The summed E-state index contributed by atoms with van der Waals surface area (Å²) in [5, 5.41) is 12.1. The Morgan fingerprint density at radius 3 is 2.47 bits per heavy atom. The number of nitrogens with one attached hydrogen (secondary N) is 1. The van der Waals surface area contributed by atoms with E-state index in [0.717, 1.165) is 19.3 Å². The highest BCUT2D eigenvalue weighted by Crippen LogP contribution is 2.44. The topological polar surface area (TPSA) is 58.6 Å². The maximum absolute atomic E-state index is 13.9. The fraction of sp³-hybridized carbons (Fsp3) is 0.923. The monoisotopic (exact) mass is 277 g/mol. The Morgan fingerprint density at radius 2 is 1.95 bits per heavy atom. The van der Waals surface area contributed by atoms with Gasteiger partial charge in [0.25, 0.3) is 5.91 Å². The molecule has 0 aromatic rings. The molecule has 2 aliphatic rings. The predicted molar refractivity (Wildman–Crippen MR) is 64.9 cm³/mol. The number of methoxy groups -OCH3 is 1. The van der Waals surface area contributed by atoms with Gasteiger partial charge < -0.3 is 15.2 Å². The van der Waals surface area contributed by atoms with Crippen LogP contribution in [0.5, 0.6) is 0 Å². The number of hydrogen-bond donors (Lipinski definition) is 2. The lowest BCUT2D eigenvalue weighted by molar-refractivity contribution is -0.217. The summed E-state index contributed by atoms with van der Waals surface area (Å²) in [6.45, 7) is 0. The first-order valence-electron chi connectivity index (χ1n) is 6.85. The molecule has 0 bridgehead atoms. The van der Waals surface area contributed by atoms with E-state index >= 15 is 0 Å². The molecule has 2 N–H and O–H groups in total. The van der Waals surface area contributed by atoms with Crippen LogP contribution >= 0.6 is 0 Å². The molecule has 2 saturated carbocycles. The van der Waals surface area contributed by atoms with Crippen molar-refractivity contribution >= 4 is 5.91 Å². The maximum Gasteiger partial charge on any atom is 0.352 e. The molecule has 2 fully saturated rings. The Bertz CT molecular complexity index is 345. The van der Waals surface area contributed by atoms with Crippen LogP contribution in [0.2, 0.25) is 0 Å². The molecular weight excluding hydrogens is 256 g/mol. The first-order chi connectivity index (χ1) is 8.90. The molecule has 0 saturated heterocycles. The van der Waals surface area contributed by atoms with Gasteiger partial charge in [-0.15, -0.1) is 0 Å². The van der Waals surface area contributed by atoms with Gasteiger partial charge in [-0.2, -0.15) is 8.78 Å². The van der Waals surface area contributed by atoms with Gasteiger partial charge in [0.15, 0.2) is 0 Å². The summed E-state index contributed by atoms with van der Waals surface area (Å²) in [5.74, 6) is -5.09. The highest BCUT2D eigenvalue weighted by molar-refractivity contribution is 5.85. The molecule has 2 aliphatic carbocycles. The van der Waals surface area contributed by atoms with E-state index in [9.17, 15) is 18.7 Å². The Hall–Kier alpha value is -0.750. The SMILES string of the molecule is CO[C@@H]1CCCC[C@H]1NC(=O)C(F)(F)C1(O)CCC1. The number of carbonyl (C=O) groups excluding carboxylic acids is 1. The maximum atomic E-state index is 13.9. The van der Waals surface area contributed by atoms with Crippen LogP contribution in [0.3, 0.4) is 0 Å². The number of rotatable bonds is 4. The molecule has 0 aliphatic heterocycles. The van der Waals surface area contributed by atoms with Gasteiger partial charge in [-0.3, -0.25) is 4.79 Å². The summed E-state index contributed by atoms with van der Waals surface area (Å²) in [5.41, 5.74) is -2.16. The zero-order valence-corrected chi connectivity index (χ0v) is 11.1. The number of amides is 1. The fourth-order valence-electron chi connectivity index (χ4n) is 2.84. The lowest BCUT2D eigenvalue weighted by Gasteiger charge is -2.42. The second-order valence-corrected chi connectivity index (χ2v) is 5.60. The van der Waals surface area contributed by atoms with E-state index < -0.39 is 17.4 Å². The van der Waals surface area contributed by atoms with Gasteiger partial charge >= 0.3 is 5.92 Å². The van der Waals surface area contributed by atoms with Crippen molar-refractivity contribution in [1.29, 1.82) is 0 Å². The van der Waals surface area contributed by atoms with Gasteiger partial charge in [0.2, 0.25) is 0 Å². The Labute approximate surface area is 111 Å². The van der Waals surface area contributed by atoms with Gasteiger partial charge in [-0.1, -0.05) is 12.8 Å². The van der Waals surface area contributed by atoms with Crippen molar-refractivity contribution in [3.05, 3.63) is 0 Å². The minimum absolute atomic E-state index is 0.0220. The molecule has 6 heteroatoms. The van der Waals surface area contributed by atoms with Crippen LogP contribution in [-0.4, -0.2) is 41.8 Å². The van der Waals surface area contributed by atoms with Crippen LogP contribution in [0.1, 0.15) is 44.9 Å². The van der Waals surface area contributed by atoms with Crippen LogP contribution in [0.25, 0.3) is 0 Å². The number of alkyl halides is 2. The van der Waals surface area contributed by atoms with Gasteiger partial charge in [0.05, 0.1) is 12.1 Å². The minimum Gasteiger partial charge on any atom is -0.383 e. The van der Waals surface area contributed by atoms with Crippen molar-refractivity contribution < 1.29 is 23.4 Å². The predicted octanol–water partition coefficient (Wildman–Crippen LogP) is 1.61. The summed E-state index contributed by atoms with van der Waals surface area (Å²) in [6, 6.07) is -0.388. The Kier molecular flexibility index (Phi) is 4.11. The molecular formula is C13H21F2NO3. The van der Waals surface area contributed by atoms with Crippen LogP contribution in [0.4, 0.5) is 8.78 Å². The van der Waals surface area contributed by atoms with E-state index in [2.05, 4.69) is 5.32 Å². The second-order valence-electron chi connectivity index (χ2n) is 5.60. The van der Waals surface area contributed by atoms with Gasteiger partial charge in [-0.05, 0) is 32.1 Å². The molecule has 19 heavy (non-hydrogen) atoms. The summed E-state index contributed by atoms with van der Waals surface area (Å²) in [6.07, 6.45) is 3.53. The van der Waals surface area contributed by atoms with E-state index in [4.69, 9.17) is 4.74 Å². The average molecular weight is 277 g/mol. The van der Waals surface area contributed by atoms with Crippen LogP contribution in [0, 0.1) is 0 Å². The highest BCUT2D eigenvalue weighted by atomic mass is 19.3. The first kappa shape index (κ1) is 14.7. The molecule has 2 atom stereocenters. The van der Waals surface area contributed by atoms with Gasteiger partial charge in [0, 0.05) is 7.11 Å². The van der Waals surface area contributed by atoms with Gasteiger partial charge in [0.1, 0.15) is 5.60 Å². The minimum atomic E-state index is -3.72. The Morgan fingerprint density at radius 1 is 1.32 bits per heavy atom. The fourth-order valence-corrected chi connectivity index (χ4v) is 2.84. The normalized spacial score (nSPS) is 30.5. The van der Waals surface area contributed by atoms with Crippen LogP contribution < -0.4 is 5.32 Å². The van der Waals surface area contributed by atoms with Crippen molar-refractivity contribution in [2.75, 3.05) is 7.11 Å². The van der Waals surface area contributed by atoms with Crippen molar-refractivity contribution in [3.8, 4) is 0 Å². The highest BCUT2D eigenvalue weighted by Gasteiger charge is 2.61. The number of ether oxygens (including phenoxy) is 1. The summed E-state index contributed by atoms with van der Waals surface area (Å²) in [4.78, 5) is 11.8. The third kappa shape index (κ3) is 2.60. The summed E-state index contributed by atoms with van der Waals surface area (Å²) >= 11 is 0. The number of aliphatic hydroxyl groups is 1. The van der Waals surface area contributed by atoms with E-state index in [1.54, 1.807) is 0 Å². The second kappa shape index (κ2) is 5.32. The van der Waals surface area contributed by atoms with Crippen molar-refractivity contribution in [2.24, 2.45) is 0 Å². The number of carbonyl (C=O) groups is 1. The molecule has 0 spiro atoms. The van der Waals surface area contributed by atoms with Crippen molar-refractivity contribution in [1.82, 2.24) is 5.32 Å². The Balaban J connectivity index is 1.99. The zero-order valence-electron chi connectivity index (χ0n) is 11.1. The van der Waals surface area contributed by atoms with Crippen LogP contribution in [-0.2, 0) is 9.53 Å². The summed E-state index contributed by atoms with van der Waals surface area (Å²) in [7, 11) is 1.52. The molecule has 0 unspecified atom stereocenters. The lowest BCUT2D eigenvalue weighted by Crippen LogP contribution is -2.63. The van der Waals surface area contributed by atoms with Crippen LogP contribution in [0.15, 0.2) is 0 Å². The largest absolute Gasteiger partial charge is 0.383 e. The third-order valence-corrected chi connectivity index (χ3v) is 4.37. The lowest BCUT2D eigenvalue weighted by atomic mass is 9.75. The van der Waals surface area contributed by atoms with Gasteiger partial charge in [-0.25, -0.2) is 0 Å². The average Bonchev–Trinajstić information content (AvgIpc) is 2.36. The molecule has 0 aromatic carbocycles. The quantitative estimate of drug-likeness (QED) is 0.821. The smallest absolute Gasteiger partial charge is 0.352 e. The standard InChI is InChI=1S/C13H21F2NO3/c1-19-10-6-3-2-5-9(10)16-11(17)13(14,15)12(18)7-4-8-12/h9-10,18H,2-8H2,1H3,(H,16,17)/t9-,10-/m1/s1. The van der Waals surface area contributed by atoms with Crippen molar-refractivity contribution in [3.63, 3.8) is 0 Å². The van der Waals surface area contributed by atoms with E-state index in [-0.39, 0.29) is 25.0 Å². The van der Waals surface area contributed by atoms with E-state index in [0.29, 0.717) is 12.8 Å². The van der Waals surface area contributed by atoms with E-state index in [1.807, 2.05) is 0 Å². The molecule has 4 nitrogen and oxygen atoms in total. The third-order valence-electron chi connectivity index (χ3n) is 4.37. The van der Waals surface area contributed by atoms with E-state index in [1.165, 1.54) is 7.11 Å². The first-order valence-corrected chi connectivity index (χ1v) is 6.85. The molecule has 0 heterocycles. The molecule has 0 aromatic heterocycles. The number of halogens is 2. The molecule has 110 valence electrons. The zero-order chi connectivity index (χ0) is 14.1. The molecule has 0 radical (unpaired) electrons. The summed E-state index contributed by atoms with van der Waals surface area (Å²) < 4.78 is 33.1. The molecule has 2 rings (SSSR count).